The van der Waals surface area contributed by atoms with Gasteiger partial charge in [-0.15, -0.1) is 0 Å². The molecule has 1 aromatic carbocycles. The van der Waals surface area contributed by atoms with Crippen LogP contribution in [0.2, 0.25) is 0 Å². The number of rotatable bonds is 7. The number of hydrogen-bond donors (Lipinski definition) is 1. The summed E-state index contributed by atoms with van der Waals surface area (Å²) in [5, 5.41) is 3.52. The number of methoxy groups -OCH3 is 1. The van der Waals surface area contributed by atoms with Crippen LogP contribution < -0.4 is 10.1 Å². The highest BCUT2D eigenvalue weighted by molar-refractivity contribution is 5.35. The van der Waals surface area contributed by atoms with Crippen LogP contribution in [0.4, 0.5) is 0 Å². The van der Waals surface area contributed by atoms with Gasteiger partial charge in [-0.25, -0.2) is 0 Å². The van der Waals surface area contributed by atoms with Crippen molar-refractivity contribution in [1.29, 1.82) is 0 Å². The molecule has 3 atom stereocenters. The largest absolute Gasteiger partial charge is 0.496 e. The molecule has 0 bridgehead atoms. The highest BCUT2D eigenvalue weighted by Gasteiger charge is 2.24. The average molecular weight is 291 g/mol. The molecular formula is C18H29NO2. The zero-order valence-corrected chi connectivity index (χ0v) is 13.6. The standard InChI is InChI=1S/C18H29NO2/c1-4-19-16(15-10-6-8-12-18(15)20-3)13-21-17-11-7-5-9-14(17)2/h6,8,10,12,14,16-17,19H,4-5,7,9,11,13H2,1-3H3. The zero-order chi connectivity index (χ0) is 15.1. The summed E-state index contributed by atoms with van der Waals surface area (Å²) in [6.45, 7) is 6.08. The van der Waals surface area contributed by atoms with Gasteiger partial charge in [0.15, 0.2) is 0 Å². The van der Waals surface area contributed by atoms with E-state index in [0.29, 0.717) is 18.6 Å². The summed E-state index contributed by atoms with van der Waals surface area (Å²) in [5.41, 5.74) is 1.19. The Labute approximate surface area is 129 Å². The van der Waals surface area contributed by atoms with E-state index in [2.05, 4.69) is 31.3 Å². The third-order valence-corrected chi connectivity index (χ3v) is 4.47. The van der Waals surface area contributed by atoms with Crippen LogP contribution in [0.1, 0.15) is 51.1 Å². The molecule has 1 N–H and O–H groups in total. The minimum absolute atomic E-state index is 0.195. The first kappa shape index (κ1) is 16.3. The molecule has 0 spiro atoms. The molecule has 0 amide bonds. The quantitative estimate of drug-likeness (QED) is 0.825. The van der Waals surface area contributed by atoms with Crippen molar-refractivity contribution in [2.75, 3.05) is 20.3 Å². The van der Waals surface area contributed by atoms with E-state index in [1.165, 1.54) is 31.2 Å². The van der Waals surface area contributed by atoms with Crippen molar-refractivity contribution in [2.24, 2.45) is 5.92 Å². The van der Waals surface area contributed by atoms with Crippen LogP contribution in [0.3, 0.4) is 0 Å². The normalized spacial score (nSPS) is 23.8. The van der Waals surface area contributed by atoms with E-state index >= 15 is 0 Å². The van der Waals surface area contributed by atoms with Crippen molar-refractivity contribution < 1.29 is 9.47 Å². The monoisotopic (exact) mass is 291 g/mol. The summed E-state index contributed by atoms with van der Waals surface area (Å²) in [6.07, 6.45) is 5.56. The molecule has 0 aromatic heterocycles. The van der Waals surface area contributed by atoms with Gasteiger partial charge in [0.1, 0.15) is 5.75 Å². The lowest BCUT2D eigenvalue weighted by Gasteiger charge is -2.31. The zero-order valence-electron chi connectivity index (χ0n) is 13.6. The van der Waals surface area contributed by atoms with Crippen LogP contribution in [0.5, 0.6) is 5.75 Å². The fourth-order valence-corrected chi connectivity index (χ4v) is 3.21. The predicted octanol–water partition coefficient (Wildman–Crippen LogP) is 3.94. The lowest BCUT2D eigenvalue weighted by Crippen LogP contribution is -2.31. The molecule has 2 rings (SSSR count). The minimum Gasteiger partial charge on any atom is -0.496 e. The van der Waals surface area contributed by atoms with Gasteiger partial charge < -0.3 is 14.8 Å². The van der Waals surface area contributed by atoms with Crippen LogP contribution in [-0.2, 0) is 4.74 Å². The molecule has 0 radical (unpaired) electrons. The lowest BCUT2D eigenvalue weighted by atomic mass is 9.88. The Morgan fingerprint density at radius 3 is 2.71 bits per heavy atom. The SMILES string of the molecule is CCNC(COC1CCCCC1C)c1ccccc1OC. The summed E-state index contributed by atoms with van der Waals surface area (Å²) in [7, 11) is 1.73. The van der Waals surface area contributed by atoms with E-state index in [-0.39, 0.29) is 6.04 Å². The van der Waals surface area contributed by atoms with Gasteiger partial charge in [0.25, 0.3) is 0 Å². The maximum Gasteiger partial charge on any atom is 0.123 e. The van der Waals surface area contributed by atoms with Gasteiger partial charge in [0.2, 0.25) is 0 Å². The molecule has 21 heavy (non-hydrogen) atoms. The number of para-hydroxylation sites is 1. The van der Waals surface area contributed by atoms with Gasteiger partial charge in [0, 0.05) is 5.56 Å². The van der Waals surface area contributed by atoms with Gasteiger partial charge in [-0.05, 0) is 31.4 Å². The molecule has 0 heterocycles. The fraction of sp³-hybridized carbons (Fsp3) is 0.667. The molecule has 1 aliphatic carbocycles. The van der Waals surface area contributed by atoms with Crippen molar-refractivity contribution in [2.45, 2.75) is 51.7 Å². The van der Waals surface area contributed by atoms with Gasteiger partial charge in [0.05, 0.1) is 25.9 Å². The van der Waals surface area contributed by atoms with Crippen LogP contribution >= 0.6 is 0 Å². The summed E-state index contributed by atoms with van der Waals surface area (Å²) >= 11 is 0. The van der Waals surface area contributed by atoms with Crippen molar-refractivity contribution in [1.82, 2.24) is 5.32 Å². The number of benzene rings is 1. The van der Waals surface area contributed by atoms with E-state index in [1.54, 1.807) is 7.11 Å². The Bertz CT molecular complexity index is 421. The summed E-state index contributed by atoms with van der Waals surface area (Å²) in [5.74, 6) is 1.61. The number of likely N-dealkylation sites (N-methyl/N-ethyl adjacent to an activating group) is 1. The molecule has 1 aromatic rings. The Hall–Kier alpha value is -1.06. The Morgan fingerprint density at radius 1 is 1.24 bits per heavy atom. The first-order valence-electron chi connectivity index (χ1n) is 8.24. The van der Waals surface area contributed by atoms with Crippen LogP contribution in [0.25, 0.3) is 0 Å². The highest BCUT2D eigenvalue weighted by atomic mass is 16.5. The predicted molar refractivity (Wildman–Crippen MR) is 86.8 cm³/mol. The fourth-order valence-electron chi connectivity index (χ4n) is 3.21. The second kappa shape index (κ2) is 8.40. The Kier molecular flexibility index (Phi) is 6.52. The molecule has 1 aliphatic rings. The van der Waals surface area contributed by atoms with Gasteiger partial charge in [-0.2, -0.15) is 0 Å². The first-order valence-corrected chi connectivity index (χ1v) is 8.24. The van der Waals surface area contributed by atoms with Crippen molar-refractivity contribution in [3.8, 4) is 5.75 Å². The molecule has 1 saturated carbocycles. The van der Waals surface area contributed by atoms with E-state index in [1.807, 2.05) is 12.1 Å². The molecule has 3 heteroatoms. The number of hydrogen-bond acceptors (Lipinski definition) is 3. The highest BCUT2D eigenvalue weighted by Crippen LogP contribution is 2.29. The smallest absolute Gasteiger partial charge is 0.123 e. The Balaban J connectivity index is 2.01. The minimum atomic E-state index is 0.195. The van der Waals surface area contributed by atoms with Crippen molar-refractivity contribution in [3.63, 3.8) is 0 Å². The summed E-state index contributed by atoms with van der Waals surface area (Å²) in [6, 6.07) is 8.41. The molecule has 3 unspecified atom stereocenters. The third kappa shape index (κ3) is 4.45. The second-order valence-electron chi connectivity index (χ2n) is 5.99. The molecule has 118 valence electrons. The van der Waals surface area contributed by atoms with E-state index in [4.69, 9.17) is 9.47 Å². The lowest BCUT2D eigenvalue weighted by molar-refractivity contribution is -0.0153. The second-order valence-corrected chi connectivity index (χ2v) is 5.99. The topological polar surface area (TPSA) is 30.5 Å². The third-order valence-electron chi connectivity index (χ3n) is 4.47. The maximum atomic E-state index is 6.25. The van der Waals surface area contributed by atoms with E-state index < -0.39 is 0 Å². The summed E-state index contributed by atoms with van der Waals surface area (Å²) in [4.78, 5) is 0. The van der Waals surface area contributed by atoms with Crippen molar-refractivity contribution in [3.05, 3.63) is 29.8 Å². The molecular weight excluding hydrogens is 262 g/mol. The van der Waals surface area contributed by atoms with Crippen molar-refractivity contribution >= 4 is 0 Å². The van der Waals surface area contributed by atoms with Gasteiger partial charge in [-0.3, -0.25) is 0 Å². The maximum absolute atomic E-state index is 6.25. The van der Waals surface area contributed by atoms with E-state index in [0.717, 1.165) is 12.3 Å². The molecule has 3 nitrogen and oxygen atoms in total. The number of ether oxygens (including phenoxy) is 2. The van der Waals surface area contributed by atoms with Crippen LogP contribution in [0.15, 0.2) is 24.3 Å². The summed E-state index contributed by atoms with van der Waals surface area (Å²) < 4.78 is 11.7. The van der Waals surface area contributed by atoms with Crippen LogP contribution in [0, 0.1) is 5.92 Å². The molecule has 0 aliphatic heterocycles. The first-order chi connectivity index (χ1) is 10.3. The van der Waals surface area contributed by atoms with Gasteiger partial charge >= 0.3 is 0 Å². The number of nitrogens with one attached hydrogen (secondary N) is 1. The molecule has 1 fully saturated rings. The Morgan fingerprint density at radius 2 is 2.00 bits per heavy atom. The van der Waals surface area contributed by atoms with E-state index in [9.17, 15) is 0 Å². The molecule has 0 saturated heterocycles. The average Bonchev–Trinajstić information content (AvgIpc) is 2.53. The van der Waals surface area contributed by atoms with Gasteiger partial charge in [-0.1, -0.05) is 44.9 Å². The van der Waals surface area contributed by atoms with Crippen LogP contribution in [-0.4, -0.2) is 26.4 Å².